The first-order valence-electron chi connectivity index (χ1n) is 8.95. The minimum Gasteiger partial charge on any atom is -0.507 e. The van der Waals surface area contributed by atoms with Gasteiger partial charge in [0.05, 0.1) is 19.3 Å². The molecule has 0 unspecified atom stereocenters. The molecular weight excluding hydrogens is 398 g/mol. The lowest BCUT2D eigenvalue weighted by atomic mass is 10.1. The lowest BCUT2D eigenvalue weighted by Gasteiger charge is -2.09. The molecule has 0 saturated carbocycles. The van der Waals surface area contributed by atoms with Crippen molar-refractivity contribution in [1.29, 1.82) is 0 Å². The van der Waals surface area contributed by atoms with Crippen molar-refractivity contribution in [1.82, 2.24) is 0 Å². The number of amides is 1. The Hall–Kier alpha value is -3.07. The molecule has 0 saturated heterocycles. The number of methoxy groups -OCH3 is 1. The lowest BCUT2D eigenvalue weighted by Crippen LogP contribution is -2.22. The van der Waals surface area contributed by atoms with Gasteiger partial charge in [-0.1, -0.05) is 6.92 Å². The predicted molar refractivity (Wildman–Crippen MR) is 108 cm³/mol. The van der Waals surface area contributed by atoms with Gasteiger partial charge in [-0.15, -0.1) is 11.3 Å². The van der Waals surface area contributed by atoms with Gasteiger partial charge in [0.2, 0.25) is 0 Å². The normalized spacial score (nSPS) is 10.3. The Morgan fingerprint density at radius 1 is 1.14 bits per heavy atom. The molecule has 9 heteroatoms. The van der Waals surface area contributed by atoms with Gasteiger partial charge in [0, 0.05) is 4.88 Å². The molecule has 156 valence electrons. The van der Waals surface area contributed by atoms with Crippen LogP contribution in [0.15, 0.2) is 18.2 Å². The number of carbonyl (C=O) groups is 3. The molecule has 29 heavy (non-hydrogen) atoms. The zero-order valence-electron chi connectivity index (χ0n) is 16.7. The first-order chi connectivity index (χ1) is 13.8. The minimum atomic E-state index is -0.876. The summed E-state index contributed by atoms with van der Waals surface area (Å²) in [6, 6.07) is 4.09. The molecule has 0 bridgehead atoms. The molecule has 2 N–H and O–H groups in total. The fourth-order valence-electron chi connectivity index (χ4n) is 2.69. The lowest BCUT2D eigenvalue weighted by molar-refractivity contribution is -0.119. The van der Waals surface area contributed by atoms with Crippen molar-refractivity contribution in [2.45, 2.75) is 27.2 Å². The van der Waals surface area contributed by atoms with Crippen LogP contribution in [0.1, 0.15) is 45.0 Å². The molecule has 1 aromatic carbocycles. The molecule has 0 radical (unpaired) electrons. The number of esters is 2. The quantitative estimate of drug-likeness (QED) is 0.629. The SMILES string of the molecule is CCOC(=O)c1c(NC(=O)COC(=O)c2cc(OC)ccc2O)sc(C)c1CC. The van der Waals surface area contributed by atoms with Crippen molar-refractivity contribution >= 4 is 34.2 Å². The van der Waals surface area contributed by atoms with Crippen molar-refractivity contribution in [3.63, 3.8) is 0 Å². The molecule has 1 aromatic heterocycles. The standard InChI is InChI=1S/C20H23NO7S/c1-5-13-11(3)29-18(17(13)20(25)27-6-2)21-16(23)10-28-19(24)14-9-12(26-4)7-8-15(14)22/h7-9,22H,5-6,10H2,1-4H3,(H,21,23). The Morgan fingerprint density at radius 3 is 2.48 bits per heavy atom. The third kappa shape index (κ3) is 5.26. The summed E-state index contributed by atoms with van der Waals surface area (Å²) in [4.78, 5) is 37.6. The molecule has 1 heterocycles. The van der Waals surface area contributed by atoms with Gasteiger partial charge >= 0.3 is 11.9 Å². The zero-order valence-corrected chi connectivity index (χ0v) is 17.5. The van der Waals surface area contributed by atoms with Crippen molar-refractivity contribution in [3.05, 3.63) is 39.8 Å². The first kappa shape index (κ1) is 22.2. The Bertz CT molecular complexity index is 920. The van der Waals surface area contributed by atoms with Gasteiger partial charge in [-0.25, -0.2) is 9.59 Å². The second-order valence-corrected chi connectivity index (χ2v) is 7.15. The highest BCUT2D eigenvalue weighted by Gasteiger charge is 2.24. The van der Waals surface area contributed by atoms with Crippen LogP contribution in [0.5, 0.6) is 11.5 Å². The molecule has 0 aliphatic heterocycles. The highest BCUT2D eigenvalue weighted by molar-refractivity contribution is 7.16. The van der Waals surface area contributed by atoms with E-state index < -0.39 is 24.5 Å². The minimum absolute atomic E-state index is 0.121. The number of rotatable bonds is 8. The van der Waals surface area contributed by atoms with Gasteiger partial charge in [0.1, 0.15) is 22.1 Å². The number of benzene rings is 1. The average molecular weight is 421 g/mol. The van der Waals surface area contributed by atoms with Crippen LogP contribution in [0.25, 0.3) is 0 Å². The fraction of sp³-hybridized carbons (Fsp3) is 0.350. The number of hydrogen-bond donors (Lipinski definition) is 2. The number of ether oxygens (including phenoxy) is 3. The summed E-state index contributed by atoms with van der Waals surface area (Å²) in [5.74, 6) is -1.93. The molecule has 0 aliphatic rings. The van der Waals surface area contributed by atoms with E-state index in [0.717, 1.165) is 10.4 Å². The average Bonchev–Trinajstić information content (AvgIpc) is 3.01. The van der Waals surface area contributed by atoms with Crippen LogP contribution in [-0.2, 0) is 20.7 Å². The summed E-state index contributed by atoms with van der Waals surface area (Å²) in [7, 11) is 1.42. The summed E-state index contributed by atoms with van der Waals surface area (Å²) >= 11 is 1.26. The van der Waals surface area contributed by atoms with E-state index in [-0.39, 0.29) is 17.9 Å². The monoisotopic (exact) mass is 421 g/mol. The van der Waals surface area contributed by atoms with E-state index in [4.69, 9.17) is 14.2 Å². The largest absolute Gasteiger partial charge is 0.507 e. The smallest absolute Gasteiger partial charge is 0.342 e. The molecule has 0 atom stereocenters. The number of nitrogens with one attached hydrogen (secondary N) is 1. The highest BCUT2D eigenvalue weighted by Crippen LogP contribution is 2.34. The molecule has 8 nitrogen and oxygen atoms in total. The van der Waals surface area contributed by atoms with Gasteiger partial charge in [0.15, 0.2) is 6.61 Å². The third-order valence-corrected chi connectivity index (χ3v) is 5.12. The van der Waals surface area contributed by atoms with Gasteiger partial charge in [-0.2, -0.15) is 0 Å². The van der Waals surface area contributed by atoms with Crippen LogP contribution in [0, 0.1) is 6.92 Å². The maximum atomic E-state index is 12.3. The van der Waals surface area contributed by atoms with Crippen LogP contribution < -0.4 is 10.1 Å². The van der Waals surface area contributed by atoms with E-state index in [1.54, 1.807) is 6.92 Å². The number of phenols is 1. The van der Waals surface area contributed by atoms with Crippen molar-refractivity contribution in [3.8, 4) is 11.5 Å². The van der Waals surface area contributed by atoms with E-state index in [2.05, 4.69) is 5.32 Å². The summed E-state index contributed by atoms with van der Waals surface area (Å²) in [5.41, 5.74) is 1.01. The maximum absolute atomic E-state index is 12.3. The fourth-order valence-corrected chi connectivity index (χ4v) is 3.84. The van der Waals surface area contributed by atoms with E-state index in [1.165, 1.54) is 36.6 Å². The van der Waals surface area contributed by atoms with Crippen LogP contribution >= 0.6 is 11.3 Å². The van der Waals surface area contributed by atoms with E-state index in [9.17, 15) is 19.5 Å². The van der Waals surface area contributed by atoms with Crippen molar-refractivity contribution in [2.75, 3.05) is 25.6 Å². The number of carbonyl (C=O) groups excluding carboxylic acids is 3. The molecule has 2 rings (SSSR count). The van der Waals surface area contributed by atoms with Crippen LogP contribution in [0.4, 0.5) is 5.00 Å². The first-order valence-corrected chi connectivity index (χ1v) is 9.77. The van der Waals surface area contributed by atoms with Gasteiger partial charge in [-0.05, 0) is 44.0 Å². The number of phenolic OH excluding ortho intramolecular Hbond substituents is 1. The molecule has 0 aliphatic carbocycles. The van der Waals surface area contributed by atoms with Crippen molar-refractivity contribution in [2.24, 2.45) is 0 Å². The summed E-state index contributed by atoms with van der Waals surface area (Å²) in [6.07, 6.45) is 0.608. The van der Waals surface area contributed by atoms with Crippen LogP contribution in [0.2, 0.25) is 0 Å². The maximum Gasteiger partial charge on any atom is 0.342 e. The van der Waals surface area contributed by atoms with Gasteiger partial charge in [-0.3, -0.25) is 4.79 Å². The second-order valence-electron chi connectivity index (χ2n) is 5.92. The molecule has 0 fully saturated rings. The highest BCUT2D eigenvalue weighted by atomic mass is 32.1. The summed E-state index contributed by atoms with van der Waals surface area (Å²) in [6.45, 7) is 5.09. The topological polar surface area (TPSA) is 111 Å². The molecule has 1 amide bonds. The van der Waals surface area contributed by atoms with Crippen molar-refractivity contribution < 1.29 is 33.7 Å². The number of aryl methyl sites for hydroxylation is 1. The van der Waals surface area contributed by atoms with E-state index in [0.29, 0.717) is 22.7 Å². The summed E-state index contributed by atoms with van der Waals surface area (Å²) in [5, 5.41) is 12.8. The van der Waals surface area contributed by atoms with Crippen LogP contribution in [0.3, 0.4) is 0 Å². The third-order valence-electron chi connectivity index (χ3n) is 4.05. The number of aromatic hydroxyl groups is 1. The number of thiophene rings is 1. The van der Waals surface area contributed by atoms with E-state index >= 15 is 0 Å². The van der Waals surface area contributed by atoms with Gasteiger partial charge in [0.25, 0.3) is 5.91 Å². The number of hydrogen-bond acceptors (Lipinski definition) is 8. The molecule has 2 aromatic rings. The second kappa shape index (κ2) is 9.92. The Kier molecular flexibility index (Phi) is 7.60. The summed E-state index contributed by atoms with van der Waals surface area (Å²) < 4.78 is 15.1. The molecular formula is C20H23NO7S. The van der Waals surface area contributed by atoms with Crippen LogP contribution in [-0.4, -0.2) is 43.3 Å². The molecule has 0 spiro atoms. The predicted octanol–water partition coefficient (Wildman–Crippen LogP) is 3.31. The van der Waals surface area contributed by atoms with Gasteiger partial charge < -0.3 is 24.6 Å². The Labute approximate surface area is 172 Å². The zero-order chi connectivity index (χ0) is 21.6. The Morgan fingerprint density at radius 2 is 1.86 bits per heavy atom. The Balaban J connectivity index is 2.10. The van der Waals surface area contributed by atoms with E-state index in [1.807, 2.05) is 13.8 Å². The number of anilines is 1.